The molecule has 0 spiro atoms. The minimum Gasteiger partial charge on any atom is -0.352 e. The highest BCUT2D eigenvalue weighted by Gasteiger charge is 2.49. The molecule has 25 heavy (non-hydrogen) atoms. The predicted molar refractivity (Wildman–Crippen MR) is 95.9 cm³/mol. The largest absolute Gasteiger partial charge is 0.352 e. The highest BCUT2D eigenvalue weighted by atomic mass is 32.2. The Kier molecular flexibility index (Phi) is 4.76. The maximum absolute atomic E-state index is 13.3. The summed E-state index contributed by atoms with van der Waals surface area (Å²) >= 11 is 0. The van der Waals surface area contributed by atoms with Crippen molar-refractivity contribution in [2.24, 2.45) is 0 Å². The fourth-order valence-electron chi connectivity index (χ4n) is 3.93. The molecule has 1 amide bonds. The molecule has 1 aromatic rings. The summed E-state index contributed by atoms with van der Waals surface area (Å²) < 4.78 is 28.2. The molecule has 0 N–H and O–H groups in total. The first kappa shape index (κ1) is 18.1. The lowest BCUT2D eigenvalue weighted by atomic mass is 10.1. The number of aromatic nitrogens is 1. The fraction of sp³-hybridized carbons (Fsp3) is 0.647. The Balaban J connectivity index is 2.09. The van der Waals surface area contributed by atoms with Gasteiger partial charge in [0.2, 0.25) is 15.9 Å². The van der Waals surface area contributed by atoms with Gasteiger partial charge >= 0.3 is 0 Å². The van der Waals surface area contributed by atoms with Crippen LogP contribution in [0.4, 0.5) is 5.82 Å². The molecule has 0 aromatic carbocycles. The summed E-state index contributed by atoms with van der Waals surface area (Å²) in [5, 5.41) is 0. The topological polar surface area (TPSA) is 73.8 Å². The van der Waals surface area contributed by atoms with Gasteiger partial charge in [0.05, 0.1) is 12.1 Å². The van der Waals surface area contributed by atoms with Crippen LogP contribution in [0.1, 0.15) is 33.6 Å². The van der Waals surface area contributed by atoms with E-state index in [1.54, 1.807) is 27.5 Å². The summed E-state index contributed by atoms with van der Waals surface area (Å²) in [6, 6.07) is 2.70. The number of carbonyl (C=O) groups is 1. The lowest BCUT2D eigenvalue weighted by Crippen LogP contribution is -2.52. The van der Waals surface area contributed by atoms with Gasteiger partial charge in [0.15, 0.2) is 0 Å². The van der Waals surface area contributed by atoms with Crippen LogP contribution in [0.15, 0.2) is 23.2 Å². The second kappa shape index (κ2) is 6.57. The normalized spacial score (nSPS) is 25.6. The van der Waals surface area contributed by atoms with Gasteiger partial charge in [-0.05, 0) is 32.4 Å². The SMILES string of the molecule is CCCC(=O)N1C[C@@H]2[C@@H](C1)N(C(C)C)S(=O)(=O)c1cccnc1N2C. The lowest BCUT2D eigenvalue weighted by molar-refractivity contribution is -0.130. The van der Waals surface area contributed by atoms with Crippen LogP contribution in [0.3, 0.4) is 0 Å². The van der Waals surface area contributed by atoms with Gasteiger partial charge in [0.1, 0.15) is 10.7 Å². The van der Waals surface area contributed by atoms with Gasteiger partial charge < -0.3 is 9.80 Å². The molecule has 8 heteroatoms. The van der Waals surface area contributed by atoms with E-state index in [9.17, 15) is 13.2 Å². The Morgan fingerprint density at radius 2 is 2.00 bits per heavy atom. The third-order valence-corrected chi connectivity index (χ3v) is 7.17. The zero-order valence-electron chi connectivity index (χ0n) is 15.2. The Labute approximate surface area is 149 Å². The standard InChI is InChI=1S/C17H26N4O3S/c1-5-7-16(22)20-10-13-14(11-20)21(12(2)3)25(23,24)15-8-6-9-18-17(15)19(13)4/h6,8-9,12-14H,5,7,10-11H2,1-4H3/t13-,14-/m1/s1. The van der Waals surface area contributed by atoms with Gasteiger partial charge in [0, 0.05) is 38.8 Å². The quantitative estimate of drug-likeness (QED) is 0.806. The number of amides is 1. The smallest absolute Gasteiger partial charge is 0.247 e. The first-order chi connectivity index (χ1) is 11.8. The molecule has 2 atom stereocenters. The van der Waals surface area contributed by atoms with Crippen LogP contribution in [0.2, 0.25) is 0 Å². The average molecular weight is 366 g/mol. The van der Waals surface area contributed by atoms with Crippen LogP contribution >= 0.6 is 0 Å². The molecule has 0 aliphatic carbocycles. The number of hydrogen-bond donors (Lipinski definition) is 0. The van der Waals surface area contributed by atoms with Crippen molar-refractivity contribution in [3.63, 3.8) is 0 Å². The van der Waals surface area contributed by atoms with Crippen molar-refractivity contribution in [3.05, 3.63) is 18.3 Å². The van der Waals surface area contributed by atoms with E-state index >= 15 is 0 Å². The van der Waals surface area contributed by atoms with E-state index in [1.807, 2.05) is 32.7 Å². The number of anilines is 1. The van der Waals surface area contributed by atoms with E-state index in [0.29, 0.717) is 25.3 Å². The van der Waals surface area contributed by atoms with Crippen LogP contribution in [-0.2, 0) is 14.8 Å². The van der Waals surface area contributed by atoms with Gasteiger partial charge in [0.25, 0.3) is 0 Å². The Bertz CT molecular complexity index is 765. The van der Waals surface area contributed by atoms with Gasteiger partial charge in [-0.2, -0.15) is 4.31 Å². The number of likely N-dealkylation sites (tertiary alicyclic amines) is 1. The molecule has 3 heterocycles. The minimum absolute atomic E-state index is 0.0892. The lowest BCUT2D eigenvalue weighted by Gasteiger charge is -2.33. The van der Waals surface area contributed by atoms with Crippen LogP contribution in [-0.4, -0.2) is 66.8 Å². The summed E-state index contributed by atoms with van der Waals surface area (Å²) in [6.45, 7) is 6.69. The summed E-state index contributed by atoms with van der Waals surface area (Å²) in [4.78, 5) is 20.7. The Morgan fingerprint density at radius 3 is 2.64 bits per heavy atom. The molecule has 1 saturated heterocycles. The fourth-order valence-corrected chi connectivity index (χ4v) is 5.96. The monoisotopic (exact) mass is 366 g/mol. The number of rotatable bonds is 3. The van der Waals surface area contributed by atoms with Gasteiger partial charge in [-0.3, -0.25) is 4.79 Å². The number of carbonyl (C=O) groups excluding carboxylic acids is 1. The number of likely N-dealkylation sites (N-methyl/N-ethyl adjacent to an activating group) is 1. The highest BCUT2D eigenvalue weighted by Crippen LogP contribution is 2.37. The summed E-state index contributed by atoms with van der Waals surface area (Å²) in [5.74, 6) is 0.553. The summed E-state index contributed by atoms with van der Waals surface area (Å²) in [5.41, 5.74) is 0. The van der Waals surface area contributed by atoms with Crippen molar-refractivity contribution >= 4 is 21.7 Å². The molecule has 1 aromatic heterocycles. The van der Waals surface area contributed by atoms with E-state index in [1.165, 1.54) is 0 Å². The van der Waals surface area contributed by atoms with E-state index in [0.717, 1.165) is 6.42 Å². The van der Waals surface area contributed by atoms with Crippen molar-refractivity contribution in [2.45, 2.75) is 56.6 Å². The molecule has 3 rings (SSSR count). The van der Waals surface area contributed by atoms with Crippen LogP contribution in [0.5, 0.6) is 0 Å². The Morgan fingerprint density at radius 1 is 1.32 bits per heavy atom. The number of sulfonamides is 1. The van der Waals surface area contributed by atoms with E-state index in [4.69, 9.17) is 0 Å². The molecule has 1 fully saturated rings. The number of fused-ring (bicyclic) bond motifs is 2. The van der Waals surface area contributed by atoms with Gasteiger partial charge in [-0.1, -0.05) is 6.92 Å². The third-order valence-electron chi connectivity index (χ3n) is 5.05. The predicted octanol–water partition coefficient (Wildman–Crippen LogP) is 1.31. The summed E-state index contributed by atoms with van der Waals surface area (Å²) in [6.07, 6.45) is 2.89. The molecular weight excluding hydrogens is 340 g/mol. The molecule has 138 valence electrons. The molecule has 0 bridgehead atoms. The molecule has 0 saturated carbocycles. The summed E-state index contributed by atoms with van der Waals surface area (Å²) in [7, 11) is -1.80. The maximum atomic E-state index is 13.3. The number of nitrogens with zero attached hydrogens (tertiary/aromatic N) is 4. The second-order valence-electron chi connectivity index (χ2n) is 7.05. The van der Waals surface area contributed by atoms with Crippen molar-refractivity contribution in [2.75, 3.05) is 25.0 Å². The first-order valence-electron chi connectivity index (χ1n) is 8.78. The molecule has 0 radical (unpaired) electrons. The van der Waals surface area contributed by atoms with Crippen LogP contribution in [0.25, 0.3) is 0 Å². The molecule has 2 aliphatic heterocycles. The van der Waals surface area contributed by atoms with Crippen molar-refractivity contribution in [3.8, 4) is 0 Å². The van der Waals surface area contributed by atoms with E-state index in [2.05, 4.69) is 4.98 Å². The zero-order valence-corrected chi connectivity index (χ0v) is 16.0. The number of hydrogen-bond acceptors (Lipinski definition) is 5. The Hall–Kier alpha value is -1.67. The maximum Gasteiger partial charge on any atom is 0.247 e. The third kappa shape index (κ3) is 2.91. The minimum atomic E-state index is -3.68. The molecule has 0 unspecified atom stereocenters. The average Bonchev–Trinajstić information content (AvgIpc) is 2.96. The first-order valence-corrected chi connectivity index (χ1v) is 10.2. The van der Waals surface area contributed by atoms with Crippen molar-refractivity contribution in [1.82, 2.24) is 14.2 Å². The van der Waals surface area contributed by atoms with Crippen molar-refractivity contribution < 1.29 is 13.2 Å². The highest BCUT2D eigenvalue weighted by molar-refractivity contribution is 7.89. The number of pyridine rings is 1. The second-order valence-corrected chi connectivity index (χ2v) is 8.86. The van der Waals surface area contributed by atoms with Crippen LogP contribution < -0.4 is 4.90 Å². The molecular formula is C17H26N4O3S. The van der Waals surface area contributed by atoms with Crippen molar-refractivity contribution in [1.29, 1.82) is 0 Å². The van der Waals surface area contributed by atoms with E-state index < -0.39 is 10.0 Å². The molecule has 2 aliphatic rings. The zero-order chi connectivity index (χ0) is 18.4. The van der Waals surface area contributed by atoms with Gasteiger partial charge in [-0.25, -0.2) is 13.4 Å². The van der Waals surface area contributed by atoms with E-state index in [-0.39, 0.29) is 28.9 Å². The van der Waals surface area contributed by atoms with Gasteiger partial charge in [-0.15, -0.1) is 0 Å². The van der Waals surface area contributed by atoms with Crippen LogP contribution in [0, 0.1) is 0 Å². The molecule has 7 nitrogen and oxygen atoms in total.